The molecule has 0 aliphatic carbocycles. The van der Waals surface area contributed by atoms with Crippen LogP contribution in [-0.4, -0.2) is 37.4 Å². The van der Waals surface area contributed by atoms with Crippen molar-refractivity contribution in [2.45, 2.75) is 39.7 Å². The zero-order valence-electron chi connectivity index (χ0n) is 11.6. The van der Waals surface area contributed by atoms with Gasteiger partial charge in [-0.2, -0.15) is 0 Å². The van der Waals surface area contributed by atoms with E-state index in [1.54, 1.807) is 20.8 Å². The molecule has 18 heavy (non-hydrogen) atoms. The molecule has 0 aromatic heterocycles. The Morgan fingerprint density at radius 2 is 1.89 bits per heavy atom. The lowest BCUT2D eigenvalue weighted by Gasteiger charge is -2.24. The van der Waals surface area contributed by atoms with Crippen molar-refractivity contribution in [1.29, 1.82) is 0 Å². The molecule has 0 saturated heterocycles. The van der Waals surface area contributed by atoms with Gasteiger partial charge in [0.15, 0.2) is 0 Å². The van der Waals surface area contributed by atoms with Gasteiger partial charge in [-0.3, -0.25) is 4.79 Å². The summed E-state index contributed by atoms with van der Waals surface area (Å²) in [5, 5.41) is 0. The number of hydrogen-bond acceptors (Lipinski definition) is 5. The van der Waals surface area contributed by atoms with Crippen LogP contribution in [0.5, 0.6) is 0 Å². The second kappa shape index (κ2) is 7.87. The number of rotatable bonds is 8. The van der Waals surface area contributed by atoms with E-state index in [0.717, 1.165) is 0 Å². The minimum Gasteiger partial charge on any atom is -0.463 e. The maximum Gasteiger partial charge on any atom is 0.335 e. The Kier molecular flexibility index (Phi) is 7.27. The number of carbonyl (C=O) groups is 2. The molecule has 0 aliphatic rings. The SMILES string of the molecule is C=C(COCCC(C)(C)OC(C)=O)C(=O)OCC. The maximum atomic E-state index is 11.2. The van der Waals surface area contributed by atoms with E-state index in [1.165, 1.54) is 6.92 Å². The first-order chi connectivity index (χ1) is 8.28. The third kappa shape index (κ3) is 7.84. The summed E-state index contributed by atoms with van der Waals surface area (Å²) >= 11 is 0. The zero-order chi connectivity index (χ0) is 14.2. The third-order valence-corrected chi connectivity index (χ3v) is 2.11. The fourth-order valence-corrected chi connectivity index (χ4v) is 1.25. The molecule has 0 aromatic rings. The van der Waals surface area contributed by atoms with Crippen LogP contribution in [0.2, 0.25) is 0 Å². The monoisotopic (exact) mass is 258 g/mol. The van der Waals surface area contributed by atoms with Gasteiger partial charge in [0.2, 0.25) is 0 Å². The van der Waals surface area contributed by atoms with Gasteiger partial charge in [-0.05, 0) is 20.8 Å². The molecule has 0 spiro atoms. The molecule has 0 aliphatic heterocycles. The van der Waals surface area contributed by atoms with Crippen molar-refractivity contribution in [3.8, 4) is 0 Å². The smallest absolute Gasteiger partial charge is 0.335 e. The van der Waals surface area contributed by atoms with Crippen molar-refractivity contribution in [2.75, 3.05) is 19.8 Å². The van der Waals surface area contributed by atoms with E-state index in [-0.39, 0.29) is 18.1 Å². The summed E-state index contributed by atoms with van der Waals surface area (Å²) in [5.41, 5.74) is -0.293. The Labute approximate surface area is 108 Å². The predicted octanol–water partition coefficient (Wildman–Crippen LogP) is 1.85. The molecule has 0 atom stereocenters. The van der Waals surface area contributed by atoms with Gasteiger partial charge >= 0.3 is 11.9 Å². The normalized spacial score (nSPS) is 10.9. The first-order valence-corrected chi connectivity index (χ1v) is 5.90. The Bertz CT molecular complexity index is 307. The lowest BCUT2D eigenvalue weighted by Crippen LogP contribution is -2.28. The van der Waals surface area contributed by atoms with E-state index in [9.17, 15) is 9.59 Å². The van der Waals surface area contributed by atoms with Gasteiger partial charge < -0.3 is 14.2 Å². The standard InChI is InChI=1S/C13H22O5/c1-6-17-12(15)10(2)9-16-8-7-13(4,5)18-11(3)14/h2,6-9H2,1,3-5H3. The third-order valence-electron chi connectivity index (χ3n) is 2.11. The quantitative estimate of drug-likeness (QED) is 0.378. The summed E-state index contributed by atoms with van der Waals surface area (Å²) in [4.78, 5) is 22.0. The molecular formula is C13H22O5. The highest BCUT2D eigenvalue weighted by Gasteiger charge is 2.20. The fraction of sp³-hybridized carbons (Fsp3) is 0.692. The maximum absolute atomic E-state index is 11.2. The van der Waals surface area contributed by atoms with E-state index in [2.05, 4.69) is 6.58 Å². The number of carbonyl (C=O) groups excluding carboxylic acids is 2. The van der Waals surface area contributed by atoms with Gasteiger partial charge in [-0.25, -0.2) is 4.79 Å². The van der Waals surface area contributed by atoms with Crippen LogP contribution in [0.15, 0.2) is 12.2 Å². The van der Waals surface area contributed by atoms with Crippen molar-refractivity contribution >= 4 is 11.9 Å². The average molecular weight is 258 g/mol. The largest absolute Gasteiger partial charge is 0.463 e. The summed E-state index contributed by atoms with van der Waals surface area (Å²) in [5.74, 6) is -0.771. The molecule has 0 saturated carbocycles. The Morgan fingerprint density at radius 1 is 1.28 bits per heavy atom. The first-order valence-electron chi connectivity index (χ1n) is 5.90. The minimum absolute atomic E-state index is 0.120. The van der Waals surface area contributed by atoms with Gasteiger partial charge in [-0.15, -0.1) is 0 Å². The fourth-order valence-electron chi connectivity index (χ4n) is 1.25. The molecule has 0 fully saturated rings. The van der Waals surface area contributed by atoms with Crippen LogP contribution in [0.25, 0.3) is 0 Å². The lowest BCUT2D eigenvalue weighted by atomic mass is 10.1. The van der Waals surface area contributed by atoms with Crippen LogP contribution >= 0.6 is 0 Å². The van der Waals surface area contributed by atoms with Crippen molar-refractivity contribution in [1.82, 2.24) is 0 Å². The molecule has 0 radical (unpaired) electrons. The van der Waals surface area contributed by atoms with Crippen LogP contribution in [0, 0.1) is 0 Å². The number of ether oxygens (including phenoxy) is 3. The minimum atomic E-state index is -0.572. The van der Waals surface area contributed by atoms with E-state index in [0.29, 0.717) is 19.6 Å². The molecule has 5 heteroatoms. The lowest BCUT2D eigenvalue weighted by molar-refractivity contribution is -0.155. The van der Waals surface area contributed by atoms with Gasteiger partial charge in [0, 0.05) is 13.3 Å². The predicted molar refractivity (Wildman–Crippen MR) is 67.1 cm³/mol. The summed E-state index contributed by atoms with van der Waals surface area (Å²) in [6.07, 6.45) is 0.544. The molecule has 0 aromatic carbocycles. The first kappa shape index (κ1) is 16.6. The van der Waals surface area contributed by atoms with Gasteiger partial charge in [-0.1, -0.05) is 6.58 Å². The highest BCUT2D eigenvalue weighted by molar-refractivity contribution is 5.87. The summed E-state index contributed by atoms with van der Waals surface area (Å²) in [6, 6.07) is 0. The van der Waals surface area contributed by atoms with Crippen LogP contribution in [0.4, 0.5) is 0 Å². The molecule has 5 nitrogen and oxygen atoms in total. The van der Waals surface area contributed by atoms with E-state index in [1.807, 2.05) is 0 Å². The Morgan fingerprint density at radius 3 is 2.39 bits per heavy atom. The van der Waals surface area contributed by atoms with Gasteiger partial charge in [0.05, 0.1) is 25.4 Å². The number of hydrogen-bond donors (Lipinski definition) is 0. The van der Waals surface area contributed by atoms with E-state index < -0.39 is 11.6 Å². The van der Waals surface area contributed by atoms with Crippen LogP contribution in [0.1, 0.15) is 34.1 Å². The van der Waals surface area contributed by atoms with Gasteiger partial charge in [0.25, 0.3) is 0 Å². The summed E-state index contributed by atoms with van der Waals surface area (Å²) < 4.78 is 15.2. The molecule has 104 valence electrons. The number of esters is 2. The van der Waals surface area contributed by atoms with Crippen LogP contribution in [-0.2, 0) is 23.8 Å². The second-order valence-corrected chi connectivity index (χ2v) is 4.48. The Balaban J connectivity index is 3.82. The molecule has 0 amide bonds. The van der Waals surface area contributed by atoms with Crippen molar-refractivity contribution in [3.05, 3.63) is 12.2 Å². The molecule has 0 unspecified atom stereocenters. The van der Waals surface area contributed by atoms with E-state index in [4.69, 9.17) is 14.2 Å². The summed E-state index contributed by atoms with van der Waals surface area (Å²) in [7, 11) is 0. The van der Waals surface area contributed by atoms with Crippen LogP contribution < -0.4 is 0 Å². The average Bonchev–Trinajstić information content (AvgIpc) is 2.22. The Hall–Kier alpha value is -1.36. The summed E-state index contributed by atoms with van der Waals surface area (Å²) in [6.45, 7) is 11.1. The van der Waals surface area contributed by atoms with Crippen molar-refractivity contribution in [3.63, 3.8) is 0 Å². The van der Waals surface area contributed by atoms with Gasteiger partial charge in [0.1, 0.15) is 5.60 Å². The second-order valence-electron chi connectivity index (χ2n) is 4.48. The molecule has 0 rings (SSSR count). The van der Waals surface area contributed by atoms with Crippen molar-refractivity contribution in [2.24, 2.45) is 0 Å². The van der Waals surface area contributed by atoms with Crippen LogP contribution in [0.3, 0.4) is 0 Å². The zero-order valence-corrected chi connectivity index (χ0v) is 11.6. The molecular weight excluding hydrogens is 236 g/mol. The highest BCUT2D eigenvalue weighted by atomic mass is 16.6. The molecule has 0 bridgehead atoms. The van der Waals surface area contributed by atoms with Crippen molar-refractivity contribution < 1.29 is 23.8 Å². The molecule has 0 heterocycles. The van der Waals surface area contributed by atoms with E-state index >= 15 is 0 Å². The highest BCUT2D eigenvalue weighted by Crippen LogP contribution is 2.14. The molecule has 0 N–H and O–H groups in total. The topological polar surface area (TPSA) is 61.8 Å².